The average Bonchev–Trinajstić information content (AvgIpc) is 2.62. The van der Waals surface area contributed by atoms with Gasteiger partial charge in [0.1, 0.15) is 6.10 Å². The van der Waals surface area contributed by atoms with Gasteiger partial charge in [-0.3, -0.25) is 0 Å². The Morgan fingerprint density at radius 2 is 1.94 bits per heavy atom. The van der Waals surface area contributed by atoms with E-state index in [0.29, 0.717) is 5.02 Å². The third-order valence-corrected chi connectivity index (χ3v) is 4.42. The van der Waals surface area contributed by atoms with E-state index in [1.54, 1.807) is 12.1 Å². The number of aliphatic hydroxyl groups excluding tert-OH is 1. The van der Waals surface area contributed by atoms with Crippen LogP contribution in [0.1, 0.15) is 16.5 Å². The van der Waals surface area contributed by atoms with E-state index in [2.05, 4.69) is 31.9 Å². The van der Waals surface area contributed by atoms with Crippen LogP contribution in [0.4, 0.5) is 0 Å². The van der Waals surface area contributed by atoms with Crippen LogP contribution in [-0.4, -0.2) is 5.11 Å². The van der Waals surface area contributed by atoms with E-state index in [0.717, 1.165) is 18.7 Å². The van der Waals surface area contributed by atoms with Crippen molar-refractivity contribution in [1.29, 1.82) is 0 Å². The molecule has 1 aromatic carbocycles. The highest BCUT2D eigenvalue weighted by Gasteiger charge is 2.13. The van der Waals surface area contributed by atoms with Crippen LogP contribution >= 0.6 is 54.8 Å². The third kappa shape index (κ3) is 2.87. The number of thiophene rings is 1. The van der Waals surface area contributed by atoms with Gasteiger partial charge in [0, 0.05) is 14.4 Å². The molecule has 1 nitrogen and oxygen atoms in total. The lowest BCUT2D eigenvalue weighted by molar-refractivity contribution is 0.224. The van der Waals surface area contributed by atoms with Crippen LogP contribution < -0.4 is 0 Å². The topological polar surface area (TPSA) is 20.2 Å². The first-order valence-electron chi connectivity index (χ1n) is 4.45. The maximum Gasteiger partial charge on any atom is 0.113 e. The van der Waals surface area contributed by atoms with Crippen molar-refractivity contribution in [2.24, 2.45) is 0 Å². The summed E-state index contributed by atoms with van der Waals surface area (Å²) >= 11 is 14.2. The highest BCUT2D eigenvalue weighted by Crippen LogP contribution is 2.33. The maximum atomic E-state index is 10.2. The van der Waals surface area contributed by atoms with Crippen LogP contribution in [0.5, 0.6) is 0 Å². The fourth-order valence-corrected chi connectivity index (χ4v) is 3.70. The first-order valence-corrected chi connectivity index (χ1v) is 7.23. The van der Waals surface area contributed by atoms with Gasteiger partial charge in [0.15, 0.2) is 0 Å². The number of benzene rings is 1. The van der Waals surface area contributed by atoms with Crippen LogP contribution in [-0.2, 0) is 0 Å². The standard InChI is InChI=1S/C11H7Br2ClOS/c12-7-3-6(4-8(14)5-7)11(15)9-1-2-10(13)16-9/h1-5,11,15H. The van der Waals surface area contributed by atoms with Gasteiger partial charge in [0.2, 0.25) is 0 Å². The predicted octanol–water partition coefficient (Wildman–Crippen LogP) is 5.01. The summed E-state index contributed by atoms with van der Waals surface area (Å²) in [7, 11) is 0. The Balaban J connectivity index is 2.37. The van der Waals surface area contributed by atoms with E-state index >= 15 is 0 Å². The van der Waals surface area contributed by atoms with Crippen molar-refractivity contribution in [3.63, 3.8) is 0 Å². The van der Waals surface area contributed by atoms with Gasteiger partial charge >= 0.3 is 0 Å². The molecule has 0 aliphatic rings. The Bertz CT molecular complexity index is 492. The summed E-state index contributed by atoms with van der Waals surface area (Å²) in [6.45, 7) is 0. The Labute approximate surface area is 119 Å². The molecule has 0 aliphatic heterocycles. The molecule has 5 heteroatoms. The van der Waals surface area contributed by atoms with Gasteiger partial charge in [0.05, 0.1) is 3.79 Å². The molecule has 0 amide bonds. The van der Waals surface area contributed by atoms with Crippen LogP contribution in [0.25, 0.3) is 0 Å². The average molecular weight is 383 g/mol. The summed E-state index contributed by atoms with van der Waals surface area (Å²) in [5.41, 5.74) is 0.786. The SMILES string of the molecule is OC(c1cc(Cl)cc(Br)c1)c1ccc(Br)s1. The van der Waals surface area contributed by atoms with Crippen molar-refractivity contribution in [2.75, 3.05) is 0 Å². The molecule has 0 aliphatic carbocycles. The van der Waals surface area contributed by atoms with Crippen molar-refractivity contribution in [1.82, 2.24) is 0 Å². The highest BCUT2D eigenvalue weighted by atomic mass is 79.9. The summed E-state index contributed by atoms with van der Waals surface area (Å²) in [5, 5.41) is 10.8. The Morgan fingerprint density at radius 1 is 1.19 bits per heavy atom. The van der Waals surface area contributed by atoms with Gasteiger partial charge in [-0.05, 0) is 51.8 Å². The van der Waals surface area contributed by atoms with Crippen LogP contribution in [0.3, 0.4) is 0 Å². The van der Waals surface area contributed by atoms with Crippen molar-refractivity contribution >= 4 is 54.8 Å². The zero-order chi connectivity index (χ0) is 11.7. The molecule has 1 heterocycles. The first kappa shape index (κ1) is 12.6. The van der Waals surface area contributed by atoms with Crippen molar-refractivity contribution in [3.8, 4) is 0 Å². The molecule has 1 atom stereocenters. The summed E-state index contributed by atoms with van der Waals surface area (Å²) in [6.07, 6.45) is -0.633. The molecular formula is C11H7Br2ClOS. The molecule has 2 rings (SSSR count). The normalized spacial score (nSPS) is 12.8. The fourth-order valence-electron chi connectivity index (χ4n) is 1.37. The number of hydrogen-bond donors (Lipinski definition) is 1. The molecule has 1 unspecified atom stereocenters. The molecule has 0 saturated heterocycles. The molecule has 1 N–H and O–H groups in total. The molecule has 0 spiro atoms. The van der Waals surface area contributed by atoms with Gasteiger partial charge in [-0.2, -0.15) is 0 Å². The number of halogens is 3. The molecule has 0 bridgehead atoms. The molecular weight excluding hydrogens is 375 g/mol. The summed E-state index contributed by atoms with van der Waals surface area (Å²) in [5.74, 6) is 0. The van der Waals surface area contributed by atoms with Gasteiger partial charge in [-0.1, -0.05) is 27.5 Å². The van der Waals surface area contributed by atoms with Gasteiger partial charge in [0.25, 0.3) is 0 Å². The van der Waals surface area contributed by atoms with Crippen LogP contribution in [0, 0.1) is 0 Å². The molecule has 2 aromatic rings. The lowest BCUT2D eigenvalue weighted by Crippen LogP contribution is -1.96. The molecule has 0 saturated carbocycles. The van der Waals surface area contributed by atoms with Gasteiger partial charge in [-0.15, -0.1) is 11.3 Å². The van der Waals surface area contributed by atoms with E-state index < -0.39 is 6.10 Å². The highest BCUT2D eigenvalue weighted by molar-refractivity contribution is 9.11. The van der Waals surface area contributed by atoms with E-state index in [9.17, 15) is 5.11 Å². The maximum absolute atomic E-state index is 10.2. The van der Waals surface area contributed by atoms with E-state index in [-0.39, 0.29) is 0 Å². The molecule has 1 aromatic heterocycles. The zero-order valence-corrected chi connectivity index (χ0v) is 12.7. The number of hydrogen-bond acceptors (Lipinski definition) is 2. The first-order chi connectivity index (χ1) is 7.56. The van der Waals surface area contributed by atoms with Crippen LogP contribution in [0.15, 0.2) is 38.6 Å². The fraction of sp³-hybridized carbons (Fsp3) is 0.0909. The molecule has 84 valence electrons. The third-order valence-electron chi connectivity index (χ3n) is 2.06. The van der Waals surface area contributed by atoms with E-state index in [1.165, 1.54) is 11.3 Å². The largest absolute Gasteiger partial charge is 0.383 e. The van der Waals surface area contributed by atoms with Gasteiger partial charge in [-0.25, -0.2) is 0 Å². The molecule has 0 radical (unpaired) electrons. The minimum Gasteiger partial charge on any atom is -0.383 e. The second-order valence-corrected chi connectivity index (χ2v) is 7.09. The number of aliphatic hydroxyl groups is 1. The number of rotatable bonds is 2. The second-order valence-electron chi connectivity index (χ2n) is 3.25. The lowest BCUT2D eigenvalue weighted by Gasteiger charge is -2.09. The quantitative estimate of drug-likeness (QED) is 0.774. The Morgan fingerprint density at radius 3 is 2.50 bits per heavy atom. The second kappa shape index (κ2) is 5.19. The molecule has 0 fully saturated rings. The predicted molar refractivity (Wildman–Crippen MR) is 75.2 cm³/mol. The monoisotopic (exact) mass is 380 g/mol. The summed E-state index contributed by atoms with van der Waals surface area (Å²) in [4.78, 5) is 0.890. The molecule has 16 heavy (non-hydrogen) atoms. The van der Waals surface area contributed by atoms with Crippen molar-refractivity contribution in [2.45, 2.75) is 6.10 Å². The van der Waals surface area contributed by atoms with Gasteiger partial charge < -0.3 is 5.11 Å². The smallest absolute Gasteiger partial charge is 0.113 e. The minimum absolute atomic E-state index is 0.610. The minimum atomic E-state index is -0.633. The van der Waals surface area contributed by atoms with Crippen LogP contribution in [0.2, 0.25) is 5.02 Å². The van der Waals surface area contributed by atoms with Crippen molar-refractivity contribution < 1.29 is 5.11 Å². The Hall–Kier alpha value is 0.130. The lowest BCUT2D eigenvalue weighted by atomic mass is 10.1. The zero-order valence-electron chi connectivity index (χ0n) is 7.95. The Kier molecular flexibility index (Phi) is 4.08. The summed E-state index contributed by atoms with van der Waals surface area (Å²) in [6, 6.07) is 9.24. The van der Waals surface area contributed by atoms with Crippen molar-refractivity contribution in [3.05, 3.63) is 54.1 Å². The summed E-state index contributed by atoms with van der Waals surface area (Å²) < 4.78 is 1.87. The van der Waals surface area contributed by atoms with E-state index in [1.807, 2.05) is 18.2 Å². The van der Waals surface area contributed by atoms with E-state index in [4.69, 9.17) is 11.6 Å².